The summed E-state index contributed by atoms with van der Waals surface area (Å²) in [5.41, 5.74) is 6.36. The molecular formula is C9H13N5OS. The van der Waals surface area contributed by atoms with Crippen molar-refractivity contribution in [2.24, 2.45) is 0 Å². The molecule has 0 bridgehead atoms. The molecule has 86 valence electrons. The average molecular weight is 239 g/mol. The van der Waals surface area contributed by atoms with Gasteiger partial charge in [-0.05, 0) is 20.8 Å². The number of nitrogens with one attached hydrogen (secondary N) is 1. The molecule has 2 rings (SSSR count). The van der Waals surface area contributed by atoms with Crippen molar-refractivity contribution >= 4 is 23.4 Å². The number of nitrogens with two attached hydrogens (primary N) is 1. The van der Waals surface area contributed by atoms with E-state index in [2.05, 4.69) is 20.5 Å². The van der Waals surface area contributed by atoms with Gasteiger partial charge in [-0.3, -0.25) is 0 Å². The molecule has 1 atom stereocenters. The molecule has 0 fully saturated rings. The molecule has 0 aliphatic heterocycles. The Morgan fingerprint density at radius 3 is 2.62 bits per heavy atom. The molecule has 0 aliphatic carbocycles. The van der Waals surface area contributed by atoms with Crippen LogP contribution in [0.1, 0.15) is 28.5 Å². The molecule has 2 aromatic rings. The fourth-order valence-electron chi connectivity index (χ4n) is 1.49. The van der Waals surface area contributed by atoms with E-state index in [0.29, 0.717) is 6.01 Å². The van der Waals surface area contributed by atoms with Gasteiger partial charge in [-0.15, -0.1) is 11.3 Å². The topological polar surface area (TPSA) is 89.9 Å². The largest absolute Gasteiger partial charge is 0.390 e. The van der Waals surface area contributed by atoms with Crippen molar-refractivity contribution in [3.8, 4) is 0 Å². The first kappa shape index (κ1) is 10.9. The Morgan fingerprint density at radius 2 is 2.12 bits per heavy atom. The van der Waals surface area contributed by atoms with Crippen LogP contribution in [-0.4, -0.2) is 15.2 Å². The van der Waals surface area contributed by atoms with Gasteiger partial charge in [0.25, 0.3) is 0 Å². The maximum atomic E-state index is 5.34. The zero-order chi connectivity index (χ0) is 11.7. The summed E-state index contributed by atoms with van der Waals surface area (Å²) < 4.78 is 5.05. The Hall–Kier alpha value is -1.63. The molecule has 0 saturated carbocycles. The van der Waals surface area contributed by atoms with Crippen molar-refractivity contribution in [1.29, 1.82) is 0 Å². The molecule has 6 nitrogen and oxygen atoms in total. The molecule has 1 unspecified atom stereocenters. The highest BCUT2D eigenvalue weighted by atomic mass is 32.1. The zero-order valence-electron chi connectivity index (χ0n) is 9.31. The second-order valence-corrected chi connectivity index (χ2v) is 4.73. The van der Waals surface area contributed by atoms with Crippen LogP contribution < -0.4 is 11.1 Å². The number of aromatic nitrogens is 3. The zero-order valence-corrected chi connectivity index (χ0v) is 10.1. The first-order valence-electron chi connectivity index (χ1n) is 4.85. The summed E-state index contributed by atoms with van der Waals surface area (Å²) in [7, 11) is 0. The van der Waals surface area contributed by atoms with Crippen LogP contribution in [0, 0.1) is 13.8 Å². The fourth-order valence-corrected chi connectivity index (χ4v) is 2.42. The van der Waals surface area contributed by atoms with Gasteiger partial charge in [0, 0.05) is 4.88 Å². The van der Waals surface area contributed by atoms with Crippen LogP contribution in [0.15, 0.2) is 4.42 Å². The van der Waals surface area contributed by atoms with Crippen molar-refractivity contribution in [2.45, 2.75) is 26.8 Å². The summed E-state index contributed by atoms with van der Waals surface area (Å²) in [6.07, 6.45) is 0. The standard InChI is InChI=1S/C9H13N5OS/c1-4-7(16-6(3)11-4)5(2)12-9-14-13-8(10)15-9/h5H,1-3H3,(H2,10,13)(H,12,14). The lowest BCUT2D eigenvalue weighted by Crippen LogP contribution is -2.06. The highest BCUT2D eigenvalue weighted by Gasteiger charge is 2.15. The maximum Gasteiger partial charge on any atom is 0.317 e. The van der Waals surface area contributed by atoms with Gasteiger partial charge >= 0.3 is 12.0 Å². The minimum Gasteiger partial charge on any atom is -0.390 e. The van der Waals surface area contributed by atoms with Crippen LogP contribution in [0.3, 0.4) is 0 Å². The minimum absolute atomic E-state index is 0.0620. The van der Waals surface area contributed by atoms with E-state index in [9.17, 15) is 0 Å². The van der Waals surface area contributed by atoms with E-state index in [1.54, 1.807) is 11.3 Å². The van der Waals surface area contributed by atoms with E-state index >= 15 is 0 Å². The SMILES string of the molecule is Cc1nc(C)c(C(C)Nc2nnc(N)o2)s1. The molecule has 7 heteroatoms. The van der Waals surface area contributed by atoms with E-state index in [1.165, 1.54) is 0 Å². The lowest BCUT2D eigenvalue weighted by molar-refractivity contribution is 0.579. The molecule has 0 aromatic carbocycles. The number of rotatable bonds is 3. The molecule has 0 amide bonds. The number of hydrogen-bond donors (Lipinski definition) is 2. The van der Waals surface area contributed by atoms with Gasteiger partial charge in [0.1, 0.15) is 0 Å². The highest BCUT2D eigenvalue weighted by molar-refractivity contribution is 7.11. The summed E-state index contributed by atoms with van der Waals surface area (Å²) in [5.74, 6) is 0. The van der Waals surface area contributed by atoms with E-state index in [4.69, 9.17) is 10.2 Å². The quantitative estimate of drug-likeness (QED) is 0.850. The van der Waals surface area contributed by atoms with Crippen LogP contribution in [-0.2, 0) is 0 Å². The van der Waals surface area contributed by atoms with Crippen LogP contribution >= 0.6 is 11.3 Å². The van der Waals surface area contributed by atoms with Gasteiger partial charge < -0.3 is 15.5 Å². The van der Waals surface area contributed by atoms with Crippen LogP contribution in [0.5, 0.6) is 0 Å². The van der Waals surface area contributed by atoms with E-state index < -0.39 is 0 Å². The number of anilines is 2. The number of nitrogens with zero attached hydrogens (tertiary/aromatic N) is 3. The lowest BCUT2D eigenvalue weighted by atomic mass is 10.2. The highest BCUT2D eigenvalue weighted by Crippen LogP contribution is 2.27. The molecule has 0 saturated heterocycles. The minimum atomic E-state index is 0.0620. The van der Waals surface area contributed by atoms with Crippen LogP contribution in [0.4, 0.5) is 12.0 Å². The van der Waals surface area contributed by atoms with Crippen molar-refractivity contribution in [3.63, 3.8) is 0 Å². The first-order chi connectivity index (χ1) is 7.56. The molecule has 3 N–H and O–H groups in total. The summed E-state index contributed by atoms with van der Waals surface area (Å²) in [6.45, 7) is 5.98. The molecule has 2 aromatic heterocycles. The van der Waals surface area contributed by atoms with Gasteiger partial charge in [-0.1, -0.05) is 10.2 Å². The molecular weight excluding hydrogens is 226 g/mol. The number of aryl methyl sites for hydroxylation is 2. The van der Waals surface area contributed by atoms with Gasteiger partial charge in [-0.25, -0.2) is 4.98 Å². The van der Waals surface area contributed by atoms with E-state index in [-0.39, 0.29) is 12.1 Å². The van der Waals surface area contributed by atoms with Gasteiger partial charge in [0.2, 0.25) is 0 Å². The number of thiazole rings is 1. The predicted molar refractivity (Wildman–Crippen MR) is 62.3 cm³/mol. The fraction of sp³-hybridized carbons (Fsp3) is 0.444. The third-order valence-corrected chi connectivity index (χ3v) is 3.37. The Balaban J connectivity index is 2.14. The smallest absolute Gasteiger partial charge is 0.317 e. The number of nitrogen functional groups attached to an aromatic ring is 1. The first-order valence-corrected chi connectivity index (χ1v) is 5.67. The second-order valence-electron chi connectivity index (χ2n) is 3.49. The van der Waals surface area contributed by atoms with Gasteiger partial charge in [0.05, 0.1) is 16.7 Å². The molecule has 0 spiro atoms. The summed E-state index contributed by atoms with van der Waals surface area (Å²) >= 11 is 1.65. The molecule has 2 heterocycles. The third-order valence-electron chi connectivity index (χ3n) is 2.11. The summed E-state index contributed by atoms with van der Waals surface area (Å²) in [4.78, 5) is 5.53. The van der Waals surface area contributed by atoms with E-state index in [0.717, 1.165) is 15.6 Å². The Labute approximate surface area is 96.9 Å². The van der Waals surface area contributed by atoms with Crippen molar-refractivity contribution in [1.82, 2.24) is 15.2 Å². The second kappa shape index (κ2) is 4.09. The molecule has 16 heavy (non-hydrogen) atoms. The molecule has 0 aliphatic rings. The van der Waals surface area contributed by atoms with Crippen LogP contribution in [0.2, 0.25) is 0 Å². The predicted octanol–water partition coefficient (Wildman–Crippen LogP) is 1.90. The summed E-state index contributed by atoms with van der Waals surface area (Å²) in [6, 6.07) is 0.466. The van der Waals surface area contributed by atoms with Crippen molar-refractivity contribution in [2.75, 3.05) is 11.1 Å². The Morgan fingerprint density at radius 1 is 1.38 bits per heavy atom. The van der Waals surface area contributed by atoms with Crippen LogP contribution in [0.25, 0.3) is 0 Å². The third kappa shape index (κ3) is 2.13. The average Bonchev–Trinajstić information content (AvgIpc) is 2.73. The molecule has 0 radical (unpaired) electrons. The van der Waals surface area contributed by atoms with Gasteiger partial charge in [0.15, 0.2) is 0 Å². The maximum absolute atomic E-state index is 5.34. The number of hydrogen-bond acceptors (Lipinski definition) is 7. The Kier molecular flexibility index (Phi) is 2.78. The van der Waals surface area contributed by atoms with Crippen molar-refractivity contribution in [3.05, 3.63) is 15.6 Å². The van der Waals surface area contributed by atoms with Gasteiger partial charge in [-0.2, -0.15) is 0 Å². The Bertz CT molecular complexity index is 492. The van der Waals surface area contributed by atoms with Crippen molar-refractivity contribution < 1.29 is 4.42 Å². The summed E-state index contributed by atoms with van der Waals surface area (Å²) in [5, 5.41) is 11.5. The van der Waals surface area contributed by atoms with E-state index in [1.807, 2.05) is 20.8 Å². The normalized spacial score (nSPS) is 12.7. The lowest BCUT2D eigenvalue weighted by Gasteiger charge is -2.09. The monoisotopic (exact) mass is 239 g/mol.